The van der Waals surface area contributed by atoms with Crippen molar-refractivity contribution in [1.82, 2.24) is 14.3 Å². The molecule has 0 saturated carbocycles. The summed E-state index contributed by atoms with van der Waals surface area (Å²) in [4.78, 5) is 3.83. The Morgan fingerprint density at radius 3 is 2.43 bits per heavy atom. The van der Waals surface area contributed by atoms with Crippen LogP contribution in [0.2, 0.25) is 0 Å². The number of aromatic nitrogens is 2. The lowest BCUT2D eigenvalue weighted by Gasteiger charge is -2.16. The Morgan fingerprint density at radius 1 is 1.06 bits per heavy atom. The third-order valence-electron chi connectivity index (χ3n) is 5.30. The molecule has 1 N–H and O–H groups in total. The number of ether oxygens (including phenoxy) is 1. The van der Waals surface area contributed by atoms with E-state index in [9.17, 15) is 17.2 Å². The SMILES string of the molecule is CNCc1cc(-c2ccc(OC(C)c3cc(F)cc(F)c3)cc2F)n(S(=O)(=O)c2cccnc2)c1. The molecule has 0 bridgehead atoms. The lowest BCUT2D eigenvalue weighted by molar-refractivity contribution is 0.225. The highest BCUT2D eigenvalue weighted by Crippen LogP contribution is 2.32. The molecule has 4 rings (SSSR count). The van der Waals surface area contributed by atoms with E-state index in [1.807, 2.05) is 0 Å². The molecule has 1 unspecified atom stereocenters. The van der Waals surface area contributed by atoms with Gasteiger partial charge >= 0.3 is 0 Å². The van der Waals surface area contributed by atoms with Crippen LogP contribution in [0.15, 0.2) is 78.1 Å². The fraction of sp³-hybridized carbons (Fsp3) is 0.160. The molecule has 0 radical (unpaired) electrons. The average Bonchev–Trinajstić information content (AvgIpc) is 3.24. The van der Waals surface area contributed by atoms with Gasteiger partial charge in [-0.25, -0.2) is 25.6 Å². The van der Waals surface area contributed by atoms with Crippen molar-refractivity contribution in [1.29, 1.82) is 0 Å². The summed E-state index contributed by atoms with van der Waals surface area (Å²) in [6.45, 7) is 1.95. The number of benzene rings is 2. The molecule has 6 nitrogen and oxygen atoms in total. The lowest BCUT2D eigenvalue weighted by atomic mass is 10.1. The fourth-order valence-electron chi connectivity index (χ4n) is 3.66. The first-order valence-electron chi connectivity index (χ1n) is 10.6. The van der Waals surface area contributed by atoms with Crippen LogP contribution in [0.1, 0.15) is 24.2 Å². The first-order chi connectivity index (χ1) is 16.7. The zero-order valence-corrected chi connectivity index (χ0v) is 19.7. The molecule has 10 heteroatoms. The van der Waals surface area contributed by atoms with Gasteiger partial charge in [0.1, 0.15) is 34.2 Å². The van der Waals surface area contributed by atoms with Crippen molar-refractivity contribution in [2.75, 3.05) is 7.05 Å². The van der Waals surface area contributed by atoms with E-state index >= 15 is 4.39 Å². The van der Waals surface area contributed by atoms with Crippen molar-refractivity contribution in [3.05, 3.63) is 102 Å². The predicted molar refractivity (Wildman–Crippen MR) is 125 cm³/mol. The highest BCUT2D eigenvalue weighted by Gasteiger charge is 2.24. The molecule has 0 aliphatic carbocycles. The van der Waals surface area contributed by atoms with Gasteiger partial charge in [0.2, 0.25) is 0 Å². The van der Waals surface area contributed by atoms with Gasteiger partial charge in [0.15, 0.2) is 0 Å². The first kappa shape index (κ1) is 24.5. The van der Waals surface area contributed by atoms with Crippen molar-refractivity contribution in [2.45, 2.75) is 24.5 Å². The minimum absolute atomic E-state index is 0.0376. The third-order valence-corrected chi connectivity index (χ3v) is 6.96. The van der Waals surface area contributed by atoms with Crippen molar-refractivity contribution in [3.8, 4) is 17.0 Å². The van der Waals surface area contributed by atoms with Gasteiger partial charge in [-0.05, 0) is 67.6 Å². The maximum Gasteiger partial charge on any atom is 0.269 e. The van der Waals surface area contributed by atoms with E-state index in [0.717, 1.165) is 28.2 Å². The number of hydrogen-bond donors (Lipinski definition) is 1. The molecule has 182 valence electrons. The second-order valence-electron chi connectivity index (χ2n) is 7.86. The van der Waals surface area contributed by atoms with E-state index in [-0.39, 0.29) is 27.5 Å². The van der Waals surface area contributed by atoms with Gasteiger partial charge in [-0.15, -0.1) is 0 Å². The summed E-state index contributed by atoms with van der Waals surface area (Å²) in [7, 11) is -2.33. The van der Waals surface area contributed by atoms with Crippen LogP contribution in [0.3, 0.4) is 0 Å². The number of nitrogens with zero attached hydrogens (tertiary/aromatic N) is 2. The van der Waals surface area contributed by atoms with Crippen LogP contribution in [0.25, 0.3) is 11.3 Å². The highest BCUT2D eigenvalue weighted by atomic mass is 32.2. The molecule has 0 spiro atoms. The summed E-state index contributed by atoms with van der Waals surface area (Å²) in [5.74, 6) is -2.10. The van der Waals surface area contributed by atoms with Gasteiger partial charge in [0.25, 0.3) is 10.0 Å². The zero-order chi connectivity index (χ0) is 25.2. The predicted octanol–water partition coefficient (Wildman–Crippen LogP) is 5.06. The zero-order valence-electron chi connectivity index (χ0n) is 18.9. The summed E-state index contributed by atoms with van der Waals surface area (Å²) in [5, 5.41) is 2.95. The van der Waals surface area contributed by atoms with Gasteiger partial charge < -0.3 is 10.1 Å². The monoisotopic (exact) mass is 501 g/mol. The summed E-state index contributed by atoms with van der Waals surface area (Å²) in [6, 6.07) is 11.5. The lowest BCUT2D eigenvalue weighted by Crippen LogP contribution is -2.14. The molecule has 2 aromatic heterocycles. The molecule has 4 aromatic rings. The van der Waals surface area contributed by atoms with Gasteiger partial charge in [0.05, 0.1) is 5.69 Å². The van der Waals surface area contributed by atoms with E-state index in [0.29, 0.717) is 12.1 Å². The van der Waals surface area contributed by atoms with Crippen LogP contribution in [-0.2, 0) is 16.6 Å². The normalized spacial score (nSPS) is 12.5. The summed E-state index contributed by atoms with van der Waals surface area (Å²) >= 11 is 0. The van der Waals surface area contributed by atoms with E-state index in [2.05, 4.69) is 10.3 Å². The van der Waals surface area contributed by atoms with E-state index in [1.54, 1.807) is 20.0 Å². The van der Waals surface area contributed by atoms with Gasteiger partial charge in [-0.1, -0.05) is 0 Å². The quantitative estimate of drug-likeness (QED) is 0.365. The summed E-state index contributed by atoms with van der Waals surface area (Å²) in [5.41, 5.74) is 1.05. The first-order valence-corrected chi connectivity index (χ1v) is 12.1. The largest absolute Gasteiger partial charge is 0.486 e. The summed E-state index contributed by atoms with van der Waals surface area (Å²) < 4.78 is 75.6. The smallest absolute Gasteiger partial charge is 0.269 e. The molecule has 0 aliphatic heterocycles. The van der Waals surface area contributed by atoms with Crippen LogP contribution in [0.4, 0.5) is 13.2 Å². The van der Waals surface area contributed by atoms with Gasteiger partial charge in [-0.2, -0.15) is 0 Å². The Morgan fingerprint density at radius 2 is 1.80 bits per heavy atom. The van der Waals surface area contributed by atoms with E-state index < -0.39 is 33.6 Å². The Bertz CT molecular complexity index is 1440. The summed E-state index contributed by atoms with van der Waals surface area (Å²) in [6.07, 6.45) is 3.35. The minimum Gasteiger partial charge on any atom is -0.486 e. The van der Waals surface area contributed by atoms with Crippen LogP contribution < -0.4 is 10.1 Å². The van der Waals surface area contributed by atoms with Crippen LogP contribution >= 0.6 is 0 Å². The fourth-order valence-corrected chi connectivity index (χ4v) is 5.02. The van der Waals surface area contributed by atoms with Crippen molar-refractivity contribution >= 4 is 10.0 Å². The average molecular weight is 502 g/mol. The maximum absolute atomic E-state index is 15.2. The number of hydrogen-bond acceptors (Lipinski definition) is 5. The number of pyridine rings is 1. The van der Waals surface area contributed by atoms with Crippen LogP contribution in [0.5, 0.6) is 5.75 Å². The topological polar surface area (TPSA) is 73.2 Å². The molecule has 0 aliphatic rings. The van der Waals surface area contributed by atoms with Crippen LogP contribution in [-0.4, -0.2) is 24.4 Å². The number of rotatable bonds is 8. The molecule has 1 atom stereocenters. The molecule has 0 saturated heterocycles. The third kappa shape index (κ3) is 5.23. The number of halogens is 3. The second-order valence-corrected chi connectivity index (χ2v) is 9.67. The Labute approximate surface area is 201 Å². The van der Waals surface area contributed by atoms with E-state index in [1.165, 1.54) is 42.9 Å². The molecule has 35 heavy (non-hydrogen) atoms. The van der Waals surface area contributed by atoms with Gasteiger partial charge in [0, 0.05) is 42.8 Å². The highest BCUT2D eigenvalue weighted by molar-refractivity contribution is 7.90. The van der Waals surface area contributed by atoms with Gasteiger partial charge in [-0.3, -0.25) is 4.98 Å². The Kier molecular flexibility index (Phi) is 6.95. The maximum atomic E-state index is 15.2. The molecule has 2 aromatic carbocycles. The Balaban J connectivity index is 1.70. The molecule has 2 heterocycles. The standard InChI is InChI=1S/C25H22F3N3O3S/c1-16(18-9-19(26)11-20(27)10-18)34-21-5-6-23(24(28)12-21)25-8-17(13-29-2)15-31(25)35(32,33)22-4-3-7-30-14-22/h3-12,14-16,29H,13H2,1-2H3. The minimum atomic E-state index is -4.05. The number of nitrogens with one attached hydrogen (secondary N) is 1. The van der Waals surface area contributed by atoms with Crippen molar-refractivity contribution in [2.24, 2.45) is 0 Å². The van der Waals surface area contributed by atoms with Crippen LogP contribution in [0, 0.1) is 17.5 Å². The second kappa shape index (κ2) is 9.93. The van der Waals surface area contributed by atoms with E-state index in [4.69, 9.17) is 4.74 Å². The molecule has 0 fully saturated rings. The molecular formula is C25H22F3N3O3S. The van der Waals surface area contributed by atoms with Crippen molar-refractivity contribution < 1.29 is 26.3 Å². The molecule has 0 amide bonds. The molecular weight excluding hydrogens is 479 g/mol. The Hall–Kier alpha value is -3.63. The van der Waals surface area contributed by atoms with Crippen molar-refractivity contribution in [3.63, 3.8) is 0 Å².